The molecule has 0 fully saturated rings. The maximum Gasteiger partial charge on any atom is 0.213 e. The molecule has 0 saturated heterocycles. The van der Waals surface area contributed by atoms with Gasteiger partial charge >= 0.3 is 0 Å². The second-order valence-electron chi connectivity index (χ2n) is 3.39. The number of hydrogen-bond acceptors (Lipinski definition) is 5. The van der Waals surface area contributed by atoms with Gasteiger partial charge in [0.25, 0.3) is 0 Å². The third-order valence-electron chi connectivity index (χ3n) is 2.05. The summed E-state index contributed by atoms with van der Waals surface area (Å²) in [5, 5.41) is 0. The van der Waals surface area contributed by atoms with Gasteiger partial charge in [0, 0.05) is 24.9 Å². The molecule has 0 aliphatic rings. The van der Waals surface area contributed by atoms with Crippen LogP contribution in [-0.4, -0.2) is 44.3 Å². The highest BCUT2D eigenvalue weighted by molar-refractivity contribution is 5.94. The number of carbonyl (C=O) groups excluding carboxylic acids is 1. The molecule has 0 aromatic carbocycles. The Morgan fingerprint density at radius 1 is 1.29 bits per heavy atom. The van der Waals surface area contributed by atoms with Crippen molar-refractivity contribution < 1.29 is 19.0 Å². The Bertz CT molecular complexity index is 354. The molecule has 17 heavy (non-hydrogen) atoms. The quantitative estimate of drug-likeness (QED) is 0.506. The second-order valence-corrected chi connectivity index (χ2v) is 3.39. The summed E-state index contributed by atoms with van der Waals surface area (Å²) in [7, 11) is 1.62. The third kappa shape index (κ3) is 5.42. The predicted octanol–water partition coefficient (Wildman–Crippen LogP) is 1.33. The van der Waals surface area contributed by atoms with Gasteiger partial charge in [-0.25, -0.2) is 4.98 Å². The van der Waals surface area contributed by atoms with E-state index in [9.17, 15) is 4.79 Å². The van der Waals surface area contributed by atoms with Gasteiger partial charge < -0.3 is 14.2 Å². The molecule has 1 rings (SSSR count). The van der Waals surface area contributed by atoms with Crippen LogP contribution in [0.25, 0.3) is 0 Å². The summed E-state index contributed by atoms with van der Waals surface area (Å²) < 4.78 is 15.4. The molecule has 1 heterocycles. The molecule has 94 valence electrons. The molecule has 0 spiro atoms. The van der Waals surface area contributed by atoms with E-state index in [1.165, 1.54) is 6.92 Å². The summed E-state index contributed by atoms with van der Waals surface area (Å²) in [6, 6.07) is 3.28. The molecule has 5 nitrogen and oxygen atoms in total. The molecule has 0 amide bonds. The highest BCUT2D eigenvalue weighted by atomic mass is 16.5. The van der Waals surface area contributed by atoms with E-state index in [0.29, 0.717) is 37.9 Å². The molecule has 0 aliphatic heterocycles. The van der Waals surface area contributed by atoms with E-state index in [2.05, 4.69) is 4.98 Å². The fourth-order valence-corrected chi connectivity index (χ4v) is 1.16. The van der Waals surface area contributed by atoms with Crippen molar-refractivity contribution >= 4 is 5.78 Å². The number of hydrogen-bond donors (Lipinski definition) is 0. The van der Waals surface area contributed by atoms with Crippen LogP contribution in [0.4, 0.5) is 0 Å². The number of Topliss-reactive ketones (excluding diaryl/α,β-unsaturated/α-hetero) is 1. The smallest absolute Gasteiger partial charge is 0.213 e. The lowest BCUT2D eigenvalue weighted by atomic mass is 10.2. The van der Waals surface area contributed by atoms with Gasteiger partial charge in [-0.15, -0.1) is 0 Å². The highest BCUT2D eigenvalue weighted by Gasteiger charge is 2.02. The van der Waals surface area contributed by atoms with Gasteiger partial charge in [-0.05, 0) is 13.0 Å². The van der Waals surface area contributed by atoms with Gasteiger partial charge in [-0.1, -0.05) is 0 Å². The monoisotopic (exact) mass is 239 g/mol. The van der Waals surface area contributed by atoms with Gasteiger partial charge in [0.2, 0.25) is 5.88 Å². The first-order valence-corrected chi connectivity index (χ1v) is 5.40. The zero-order valence-corrected chi connectivity index (χ0v) is 10.1. The van der Waals surface area contributed by atoms with Crippen molar-refractivity contribution in [2.45, 2.75) is 6.92 Å². The summed E-state index contributed by atoms with van der Waals surface area (Å²) in [6.45, 7) is 3.49. The standard InChI is InChI=1S/C12H17NO4/c1-10(14)11-3-4-13-12(9-11)17-8-7-16-6-5-15-2/h3-4,9H,5-8H2,1-2H3. The van der Waals surface area contributed by atoms with E-state index in [1.54, 1.807) is 25.4 Å². The van der Waals surface area contributed by atoms with Crippen LogP contribution in [0.5, 0.6) is 5.88 Å². The Hall–Kier alpha value is -1.46. The SMILES string of the molecule is COCCOCCOc1cc(C(C)=O)ccn1. The van der Waals surface area contributed by atoms with Crippen LogP contribution in [0, 0.1) is 0 Å². The third-order valence-corrected chi connectivity index (χ3v) is 2.05. The molecule has 5 heteroatoms. The number of aromatic nitrogens is 1. The first-order valence-electron chi connectivity index (χ1n) is 5.40. The topological polar surface area (TPSA) is 57.7 Å². The molecule has 0 radical (unpaired) electrons. The van der Waals surface area contributed by atoms with Crippen LogP contribution in [0.2, 0.25) is 0 Å². The number of ketones is 1. The molecule has 0 atom stereocenters. The molecular formula is C12H17NO4. The minimum absolute atomic E-state index is 0.00593. The molecular weight excluding hydrogens is 222 g/mol. The maximum atomic E-state index is 11.1. The normalized spacial score (nSPS) is 10.2. The Labute approximate surface area is 101 Å². The van der Waals surface area contributed by atoms with Crippen molar-refractivity contribution in [2.24, 2.45) is 0 Å². The van der Waals surface area contributed by atoms with Crippen LogP contribution in [0.3, 0.4) is 0 Å². The molecule has 1 aromatic rings. The average Bonchev–Trinajstić information content (AvgIpc) is 2.34. The fourth-order valence-electron chi connectivity index (χ4n) is 1.16. The van der Waals surface area contributed by atoms with Gasteiger partial charge in [-0.3, -0.25) is 4.79 Å². The molecule has 0 saturated carbocycles. The Balaban J connectivity index is 2.27. The van der Waals surface area contributed by atoms with Crippen LogP contribution in [-0.2, 0) is 9.47 Å². The number of ether oxygens (including phenoxy) is 3. The number of rotatable bonds is 8. The zero-order chi connectivity index (χ0) is 12.5. The largest absolute Gasteiger partial charge is 0.475 e. The lowest BCUT2D eigenvalue weighted by molar-refractivity contribution is 0.0536. The van der Waals surface area contributed by atoms with Crippen molar-refractivity contribution in [3.63, 3.8) is 0 Å². The van der Waals surface area contributed by atoms with Crippen molar-refractivity contribution in [2.75, 3.05) is 33.5 Å². The van der Waals surface area contributed by atoms with Gasteiger partial charge in [0.1, 0.15) is 6.61 Å². The Morgan fingerprint density at radius 3 is 2.76 bits per heavy atom. The first-order chi connectivity index (χ1) is 8.24. The van der Waals surface area contributed by atoms with Crippen molar-refractivity contribution in [1.29, 1.82) is 0 Å². The van der Waals surface area contributed by atoms with Gasteiger partial charge in [0.15, 0.2) is 5.78 Å². The lowest BCUT2D eigenvalue weighted by Crippen LogP contribution is -2.10. The molecule has 0 N–H and O–H groups in total. The van der Waals surface area contributed by atoms with Crippen molar-refractivity contribution in [1.82, 2.24) is 4.98 Å². The van der Waals surface area contributed by atoms with E-state index < -0.39 is 0 Å². The summed E-state index contributed by atoms with van der Waals surface area (Å²) in [6.07, 6.45) is 1.55. The van der Waals surface area contributed by atoms with Crippen LogP contribution in [0.1, 0.15) is 17.3 Å². The fraction of sp³-hybridized carbons (Fsp3) is 0.500. The van der Waals surface area contributed by atoms with Crippen molar-refractivity contribution in [3.05, 3.63) is 23.9 Å². The Morgan fingerprint density at radius 2 is 2.06 bits per heavy atom. The number of pyridine rings is 1. The summed E-state index contributed by atoms with van der Waals surface area (Å²) >= 11 is 0. The zero-order valence-electron chi connectivity index (χ0n) is 10.1. The molecule has 0 aliphatic carbocycles. The first kappa shape index (κ1) is 13.6. The van der Waals surface area contributed by atoms with E-state index >= 15 is 0 Å². The summed E-state index contributed by atoms with van der Waals surface area (Å²) in [5.74, 6) is 0.432. The predicted molar refractivity (Wildman–Crippen MR) is 62.4 cm³/mol. The summed E-state index contributed by atoms with van der Waals surface area (Å²) in [4.78, 5) is 15.1. The molecule has 1 aromatic heterocycles. The van der Waals surface area contributed by atoms with Gasteiger partial charge in [-0.2, -0.15) is 0 Å². The van der Waals surface area contributed by atoms with Crippen LogP contribution in [0.15, 0.2) is 18.3 Å². The number of carbonyl (C=O) groups is 1. The second kappa shape index (κ2) is 7.76. The lowest BCUT2D eigenvalue weighted by Gasteiger charge is -2.06. The summed E-state index contributed by atoms with van der Waals surface area (Å²) in [5.41, 5.74) is 0.593. The van der Waals surface area contributed by atoms with Crippen molar-refractivity contribution in [3.8, 4) is 5.88 Å². The molecule has 0 unspecified atom stereocenters. The number of nitrogens with zero attached hydrogens (tertiary/aromatic N) is 1. The van der Waals surface area contributed by atoms with E-state index in [4.69, 9.17) is 14.2 Å². The minimum Gasteiger partial charge on any atom is -0.475 e. The van der Waals surface area contributed by atoms with E-state index in [0.717, 1.165) is 0 Å². The van der Waals surface area contributed by atoms with Crippen LogP contribution < -0.4 is 4.74 Å². The highest BCUT2D eigenvalue weighted by Crippen LogP contribution is 2.09. The molecule has 0 bridgehead atoms. The van der Waals surface area contributed by atoms with Gasteiger partial charge in [0.05, 0.1) is 19.8 Å². The Kier molecular flexibility index (Phi) is 6.21. The van der Waals surface area contributed by atoms with Crippen LogP contribution >= 0.6 is 0 Å². The van der Waals surface area contributed by atoms with E-state index in [1.807, 2.05) is 0 Å². The minimum atomic E-state index is -0.00593. The maximum absolute atomic E-state index is 11.1. The number of methoxy groups -OCH3 is 1. The average molecular weight is 239 g/mol. The van der Waals surface area contributed by atoms with E-state index in [-0.39, 0.29) is 5.78 Å².